The number of sulfonamides is 1. The van der Waals surface area contributed by atoms with E-state index in [0.717, 1.165) is 41.1 Å². The molecule has 1 N–H and O–H groups in total. The Hall–Kier alpha value is -3.85. The van der Waals surface area contributed by atoms with Gasteiger partial charge in [0.2, 0.25) is 11.8 Å². The Bertz CT molecular complexity index is 1440. The highest BCUT2D eigenvalue weighted by atomic mass is 32.2. The third kappa shape index (κ3) is 7.50. The first kappa shape index (κ1) is 31.1. The van der Waals surface area contributed by atoms with E-state index in [0.29, 0.717) is 11.4 Å². The van der Waals surface area contributed by atoms with E-state index in [-0.39, 0.29) is 29.3 Å². The van der Waals surface area contributed by atoms with Gasteiger partial charge in [0.05, 0.1) is 17.7 Å². The molecule has 0 bridgehead atoms. The van der Waals surface area contributed by atoms with Crippen LogP contribution in [0.25, 0.3) is 0 Å². The van der Waals surface area contributed by atoms with Gasteiger partial charge in [-0.1, -0.05) is 69.2 Å². The summed E-state index contributed by atoms with van der Waals surface area (Å²) in [5.41, 5.74) is 2.23. The van der Waals surface area contributed by atoms with Gasteiger partial charge in [-0.05, 0) is 73.2 Å². The summed E-state index contributed by atoms with van der Waals surface area (Å²) in [6, 6.07) is 21.8. The van der Waals surface area contributed by atoms with Crippen LogP contribution in [-0.2, 0) is 26.2 Å². The van der Waals surface area contributed by atoms with Gasteiger partial charge in [0.1, 0.15) is 18.3 Å². The second-order valence-corrected chi connectivity index (χ2v) is 13.0. The Morgan fingerprint density at radius 2 is 1.52 bits per heavy atom. The molecule has 224 valence electrons. The summed E-state index contributed by atoms with van der Waals surface area (Å²) < 4.78 is 34.3. The standard InChI is InChI=1S/C33H41N3O5S/c1-24(2)27-16-18-29(19-17-27)36(42(39,40)31-12-6-5-7-13-31)23-32(37)35(22-26-14-20-30(41-4)21-15-26)25(3)33(38)34-28-10-8-9-11-28/h5-7,12-21,24-25,28H,8-11,22-23H2,1-4H3,(H,34,38)/t25-/m0/s1. The molecule has 0 spiro atoms. The molecule has 1 aliphatic rings. The van der Waals surface area contributed by atoms with E-state index >= 15 is 0 Å². The molecule has 0 aromatic heterocycles. The van der Waals surface area contributed by atoms with Crippen molar-refractivity contribution in [2.75, 3.05) is 18.0 Å². The molecule has 1 saturated carbocycles. The topological polar surface area (TPSA) is 96.0 Å². The molecule has 0 radical (unpaired) electrons. The zero-order chi connectivity index (χ0) is 30.3. The van der Waals surface area contributed by atoms with Crippen LogP contribution in [0.2, 0.25) is 0 Å². The van der Waals surface area contributed by atoms with Gasteiger partial charge in [-0.15, -0.1) is 0 Å². The summed E-state index contributed by atoms with van der Waals surface area (Å²) in [4.78, 5) is 29.0. The van der Waals surface area contributed by atoms with Gasteiger partial charge >= 0.3 is 0 Å². The molecule has 1 aliphatic carbocycles. The maximum atomic E-state index is 14.1. The monoisotopic (exact) mass is 591 g/mol. The van der Waals surface area contributed by atoms with Crippen molar-refractivity contribution < 1.29 is 22.7 Å². The number of carbonyl (C=O) groups excluding carboxylic acids is 2. The molecular weight excluding hydrogens is 550 g/mol. The van der Waals surface area contributed by atoms with Gasteiger partial charge in [0.15, 0.2) is 0 Å². The van der Waals surface area contributed by atoms with Crippen LogP contribution in [0.4, 0.5) is 5.69 Å². The minimum Gasteiger partial charge on any atom is -0.497 e. The first-order chi connectivity index (χ1) is 20.1. The number of anilines is 1. The number of hydrogen-bond donors (Lipinski definition) is 1. The minimum absolute atomic E-state index is 0.0828. The summed E-state index contributed by atoms with van der Waals surface area (Å²) >= 11 is 0. The molecule has 2 amide bonds. The van der Waals surface area contributed by atoms with Crippen LogP contribution in [0.1, 0.15) is 63.5 Å². The Kier molecular flexibility index (Phi) is 10.3. The third-order valence-corrected chi connectivity index (χ3v) is 9.63. The highest BCUT2D eigenvalue weighted by Gasteiger charge is 2.33. The highest BCUT2D eigenvalue weighted by Crippen LogP contribution is 2.27. The quantitative estimate of drug-likeness (QED) is 0.301. The number of benzene rings is 3. The van der Waals surface area contributed by atoms with Crippen molar-refractivity contribution in [1.82, 2.24) is 10.2 Å². The number of carbonyl (C=O) groups is 2. The normalized spacial score (nSPS) is 14.4. The van der Waals surface area contributed by atoms with Crippen LogP contribution in [0.5, 0.6) is 5.75 Å². The van der Waals surface area contributed by atoms with Crippen molar-refractivity contribution in [3.8, 4) is 5.75 Å². The predicted molar refractivity (Wildman–Crippen MR) is 165 cm³/mol. The number of rotatable bonds is 12. The van der Waals surface area contributed by atoms with E-state index in [1.54, 1.807) is 56.5 Å². The summed E-state index contributed by atoms with van der Waals surface area (Å²) in [6.45, 7) is 5.49. The second kappa shape index (κ2) is 13.9. The van der Waals surface area contributed by atoms with Gasteiger partial charge in [-0.3, -0.25) is 13.9 Å². The molecule has 8 nitrogen and oxygen atoms in total. The van der Waals surface area contributed by atoms with Crippen molar-refractivity contribution in [1.29, 1.82) is 0 Å². The van der Waals surface area contributed by atoms with Gasteiger partial charge in [0, 0.05) is 12.6 Å². The second-order valence-electron chi connectivity index (χ2n) is 11.1. The zero-order valence-electron chi connectivity index (χ0n) is 24.8. The number of nitrogens with one attached hydrogen (secondary N) is 1. The van der Waals surface area contributed by atoms with Crippen molar-refractivity contribution >= 4 is 27.5 Å². The lowest BCUT2D eigenvalue weighted by atomic mass is 10.0. The Morgan fingerprint density at radius 1 is 0.905 bits per heavy atom. The molecule has 1 fully saturated rings. The van der Waals surface area contributed by atoms with Gasteiger partial charge in [-0.25, -0.2) is 8.42 Å². The third-order valence-electron chi connectivity index (χ3n) is 7.84. The van der Waals surface area contributed by atoms with Crippen LogP contribution in [0, 0.1) is 0 Å². The lowest BCUT2D eigenvalue weighted by Gasteiger charge is -2.32. The Labute approximate surface area is 249 Å². The average Bonchev–Trinajstić information content (AvgIpc) is 3.52. The lowest BCUT2D eigenvalue weighted by molar-refractivity contribution is -0.139. The van der Waals surface area contributed by atoms with Crippen molar-refractivity contribution in [2.24, 2.45) is 0 Å². The molecule has 42 heavy (non-hydrogen) atoms. The predicted octanol–water partition coefficient (Wildman–Crippen LogP) is 5.49. The molecule has 0 saturated heterocycles. The largest absolute Gasteiger partial charge is 0.497 e. The fourth-order valence-electron chi connectivity index (χ4n) is 5.18. The molecular formula is C33H41N3O5S. The molecule has 4 rings (SSSR count). The Balaban J connectivity index is 1.68. The van der Waals surface area contributed by atoms with E-state index in [2.05, 4.69) is 19.2 Å². The molecule has 3 aromatic rings. The average molecular weight is 592 g/mol. The number of nitrogens with zero attached hydrogens (tertiary/aromatic N) is 2. The lowest BCUT2D eigenvalue weighted by Crippen LogP contribution is -2.52. The Morgan fingerprint density at radius 3 is 2.10 bits per heavy atom. The van der Waals surface area contributed by atoms with E-state index in [4.69, 9.17) is 4.74 Å². The van der Waals surface area contributed by atoms with Crippen LogP contribution in [0.15, 0.2) is 83.8 Å². The number of ether oxygens (including phenoxy) is 1. The number of amides is 2. The number of hydrogen-bond acceptors (Lipinski definition) is 5. The fourth-order valence-corrected chi connectivity index (χ4v) is 6.61. The van der Waals surface area contributed by atoms with Gasteiger partial charge in [0.25, 0.3) is 10.0 Å². The summed E-state index contributed by atoms with van der Waals surface area (Å²) in [7, 11) is -2.51. The molecule has 0 heterocycles. The maximum Gasteiger partial charge on any atom is 0.264 e. The van der Waals surface area contributed by atoms with Crippen LogP contribution in [0.3, 0.4) is 0 Å². The van der Waals surface area contributed by atoms with Crippen molar-refractivity contribution in [3.63, 3.8) is 0 Å². The minimum atomic E-state index is -4.09. The van der Waals surface area contributed by atoms with Crippen LogP contribution >= 0.6 is 0 Å². The van der Waals surface area contributed by atoms with Crippen molar-refractivity contribution in [3.05, 3.63) is 90.0 Å². The van der Waals surface area contributed by atoms with E-state index < -0.39 is 28.5 Å². The molecule has 9 heteroatoms. The molecule has 1 atom stereocenters. The molecule has 0 unspecified atom stereocenters. The highest BCUT2D eigenvalue weighted by molar-refractivity contribution is 7.92. The van der Waals surface area contributed by atoms with Crippen molar-refractivity contribution in [2.45, 2.75) is 75.9 Å². The molecule has 0 aliphatic heterocycles. The summed E-state index contributed by atoms with van der Waals surface area (Å²) in [5, 5.41) is 3.09. The summed E-state index contributed by atoms with van der Waals surface area (Å²) in [6.07, 6.45) is 3.96. The SMILES string of the molecule is COc1ccc(CN(C(=O)CN(c2ccc(C(C)C)cc2)S(=O)(=O)c2ccccc2)[C@@H](C)C(=O)NC2CCCC2)cc1. The smallest absolute Gasteiger partial charge is 0.264 e. The van der Waals surface area contributed by atoms with E-state index in [1.807, 2.05) is 24.3 Å². The maximum absolute atomic E-state index is 14.1. The van der Waals surface area contributed by atoms with Gasteiger partial charge in [-0.2, -0.15) is 0 Å². The van der Waals surface area contributed by atoms with Crippen LogP contribution < -0.4 is 14.4 Å². The first-order valence-corrected chi connectivity index (χ1v) is 15.9. The van der Waals surface area contributed by atoms with E-state index in [9.17, 15) is 18.0 Å². The fraction of sp³-hybridized carbons (Fsp3) is 0.394. The first-order valence-electron chi connectivity index (χ1n) is 14.5. The molecule has 3 aromatic carbocycles. The zero-order valence-corrected chi connectivity index (χ0v) is 25.6. The van der Waals surface area contributed by atoms with E-state index in [1.165, 1.54) is 17.0 Å². The number of methoxy groups -OCH3 is 1. The van der Waals surface area contributed by atoms with Gasteiger partial charge < -0.3 is 15.0 Å². The summed E-state index contributed by atoms with van der Waals surface area (Å²) in [5.74, 6) is 0.211. The van der Waals surface area contributed by atoms with Crippen LogP contribution in [-0.4, -0.2) is 50.9 Å².